The van der Waals surface area contributed by atoms with E-state index < -0.39 is 0 Å². The zero-order valence-electron chi connectivity index (χ0n) is 10.6. The number of benzene rings is 2. The predicted octanol–water partition coefficient (Wildman–Crippen LogP) is 4.33. The molecule has 19 heavy (non-hydrogen) atoms. The van der Waals surface area contributed by atoms with Gasteiger partial charge in [-0.05, 0) is 17.7 Å². The van der Waals surface area contributed by atoms with Gasteiger partial charge < -0.3 is 4.90 Å². The monoisotopic (exact) mass is 335 g/mol. The maximum Gasteiger partial charge on any atom is 0.190 e. The van der Waals surface area contributed by atoms with Gasteiger partial charge in [0.25, 0.3) is 0 Å². The number of fused-ring (bicyclic) bond motifs is 1. The number of amidine groups is 1. The van der Waals surface area contributed by atoms with Crippen molar-refractivity contribution in [3.8, 4) is 0 Å². The molecule has 0 fully saturated rings. The molecule has 0 radical (unpaired) electrons. The molecule has 2 aromatic carbocycles. The number of halogens is 1. The van der Waals surface area contributed by atoms with E-state index in [1.807, 2.05) is 24.5 Å². The van der Waals surface area contributed by atoms with E-state index in [1.54, 1.807) is 11.8 Å². The Labute approximate surface area is 125 Å². The Morgan fingerprint density at radius 2 is 2.00 bits per heavy atom. The molecule has 0 unspecified atom stereocenters. The highest BCUT2D eigenvalue weighted by Gasteiger charge is 2.14. The van der Waals surface area contributed by atoms with E-state index in [4.69, 9.17) is 0 Å². The average Bonchev–Trinajstić information content (AvgIpc) is 2.47. The summed E-state index contributed by atoms with van der Waals surface area (Å²) < 4.78 is 0. The Morgan fingerprint density at radius 3 is 2.68 bits per heavy atom. The van der Waals surface area contributed by atoms with E-state index >= 15 is 0 Å². The van der Waals surface area contributed by atoms with Crippen molar-refractivity contribution in [3.63, 3.8) is 0 Å². The molecule has 0 saturated heterocycles. The van der Waals surface area contributed by atoms with E-state index in [2.05, 4.69) is 62.0 Å². The molecule has 0 aliphatic rings. The van der Waals surface area contributed by atoms with E-state index in [-0.39, 0.29) is 0 Å². The van der Waals surface area contributed by atoms with E-state index in [0.717, 1.165) is 10.9 Å². The average molecular weight is 336 g/mol. The lowest BCUT2D eigenvalue weighted by molar-refractivity contribution is 1.20. The van der Waals surface area contributed by atoms with Crippen LogP contribution < -0.4 is 4.90 Å². The molecule has 3 nitrogen and oxygen atoms in total. The Bertz CT molecular complexity index is 607. The van der Waals surface area contributed by atoms with Crippen LogP contribution in [0.3, 0.4) is 0 Å². The first kappa shape index (κ1) is 14.1. The lowest BCUT2D eigenvalue weighted by atomic mass is 10.1. The molecule has 0 spiro atoms. The molecule has 0 heterocycles. The van der Waals surface area contributed by atoms with Gasteiger partial charge in [-0.2, -0.15) is 5.10 Å². The van der Waals surface area contributed by atoms with Crippen LogP contribution in [0.1, 0.15) is 0 Å². The van der Waals surface area contributed by atoms with Gasteiger partial charge in [-0.3, -0.25) is 0 Å². The zero-order valence-corrected chi connectivity index (χ0v) is 13.0. The Balaban J connectivity index is 2.58. The second-order valence-corrected chi connectivity index (χ2v) is 5.05. The quantitative estimate of drug-likeness (QED) is 0.274. The van der Waals surface area contributed by atoms with E-state index in [9.17, 15) is 0 Å². The minimum atomic E-state index is 0.649. The Hall–Kier alpha value is -1.33. The van der Waals surface area contributed by atoms with Gasteiger partial charge in [0.05, 0.1) is 11.1 Å². The fraction of sp³-hybridized carbons (Fsp3) is 0.143. The maximum absolute atomic E-state index is 4.09. The molecule has 0 saturated carbocycles. The summed E-state index contributed by atoms with van der Waals surface area (Å²) in [6.45, 7) is 3.43. The lowest BCUT2D eigenvalue weighted by Crippen LogP contribution is -2.26. The smallest absolute Gasteiger partial charge is 0.190 e. The SMILES string of the molecule is C=N/N=C(/SC)N(CBr)c1cccc2ccccc12. The van der Waals surface area contributed by atoms with Crippen LogP contribution in [0.15, 0.2) is 52.7 Å². The molecule has 5 heteroatoms. The molecule has 0 aliphatic heterocycles. The minimum absolute atomic E-state index is 0.649. The van der Waals surface area contributed by atoms with E-state index in [0.29, 0.717) is 5.45 Å². The molecule has 2 rings (SSSR count). The molecule has 0 bridgehead atoms. The first-order valence-electron chi connectivity index (χ1n) is 5.70. The van der Waals surface area contributed by atoms with Crippen molar-refractivity contribution in [2.75, 3.05) is 16.6 Å². The Kier molecular flexibility index (Phi) is 4.99. The van der Waals surface area contributed by atoms with Crippen LogP contribution in [0.4, 0.5) is 5.69 Å². The van der Waals surface area contributed by atoms with Crippen molar-refractivity contribution >= 4 is 56.0 Å². The zero-order chi connectivity index (χ0) is 13.7. The number of thioether (sulfide) groups is 1. The summed E-state index contributed by atoms with van der Waals surface area (Å²) in [4.78, 5) is 2.07. The molecule has 0 amide bonds. The van der Waals surface area contributed by atoms with Crippen LogP contribution in [-0.2, 0) is 0 Å². The van der Waals surface area contributed by atoms with Gasteiger partial charge in [-0.1, -0.05) is 64.1 Å². The van der Waals surface area contributed by atoms with Gasteiger partial charge in [-0.15, -0.1) is 5.10 Å². The number of alkyl halides is 1. The van der Waals surface area contributed by atoms with Gasteiger partial charge in [0.1, 0.15) is 0 Å². The third-order valence-electron chi connectivity index (χ3n) is 2.75. The number of hydrogen-bond donors (Lipinski definition) is 0. The van der Waals surface area contributed by atoms with E-state index in [1.165, 1.54) is 10.8 Å². The predicted molar refractivity (Wildman–Crippen MR) is 90.7 cm³/mol. The van der Waals surface area contributed by atoms with Crippen LogP contribution in [0.25, 0.3) is 10.8 Å². The molecule has 0 aliphatic carbocycles. The summed E-state index contributed by atoms with van der Waals surface area (Å²) in [6, 6.07) is 14.5. The van der Waals surface area contributed by atoms with Gasteiger partial charge >= 0.3 is 0 Å². The van der Waals surface area contributed by atoms with Crippen molar-refractivity contribution in [2.45, 2.75) is 0 Å². The van der Waals surface area contributed by atoms with Crippen molar-refractivity contribution in [2.24, 2.45) is 10.2 Å². The largest absolute Gasteiger partial charge is 0.308 e. The summed E-state index contributed by atoms with van der Waals surface area (Å²) in [7, 11) is 0. The molecule has 98 valence electrons. The van der Waals surface area contributed by atoms with Crippen LogP contribution in [0, 0.1) is 0 Å². The maximum atomic E-state index is 4.09. The summed E-state index contributed by atoms with van der Waals surface area (Å²) >= 11 is 5.06. The Morgan fingerprint density at radius 1 is 1.26 bits per heavy atom. The second kappa shape index (κ2) is 6.73. The minimum Gasteiger partial charge on any atom is -0.308 e. The van der Waals surface area contributed by atoms with Crippen LogP contribution >= 0.6 is 27.7 Å². The highest BCUT2D eigenvalue weighted by atomic mass is 79.9. The topological polar surface area (TPSA) is 28.0 Å². The summed E-state index contributed by atoms with van der Waals surface area (Å²) in [6.07, 6.45) is 1.98. The highest BCUT2D eigenvalue weighted by Crippen LogP contribution is 2.29. The summed E-state index contributed by atoms with van der Waals surface area (Å²) in [5.74, 6) is 0. The van der Waals surface area contributed by atoms with Crippen molar-refractivity contribution in [3.05, 3.63) is 42.5 Å². The first-order chi connectivity index (χ1) is 9.31. The normalized spacial score (nSPS) is 11.6. The van der Waals surface area contributed by atoms with Crippen molar-refractivity contribution < 1.29 is 0 Å². The van der Waals surface area contributed by atoms with Gasteiger partial charge in [0.2, 0.25) is 0 Å². The van der Waals surface area contributed by atoms with Crippen molar-refractivity contribution in [1.82, 2.24) is 0 Å². The summed E-state index contributed by atoms with van der Waals surface area (Å²) in [5, 5.41) is 10.9. The highest BCUT2D eigenvalue weighted by molar-refractivity contribution is 9.09. The number of nitrogens with zero attached hydrogens (tertiary/aromatic N) is 3. The number of anilines is 1. The van der Waals surface area contributed by atoms with Crippen LogP contribution in [0.2, 0.25) is 0 Å². The third-order valence-corrected chi connectivity index (χ3v) is 3.92. The van der Waals surface area contributed by atoms with Gasteiger partial charge in [0, 0.05) is 12.1 Å². The lowest BCUT2D eigenvalue weighted by Gasteiger charge is -2.23. The fourth-order valence-corrected chi connectivity index (χ4v) is 3.12. The molecule has 0 aromatic heterocycles. The third kappa shape index (κ3) is 2.98. The molecule has 2 aromatic rings. The summed E-state index contributed by atoms with van der Waals surface area (Å²) in [5.41, 5.74) is 1.75. The van der Waals surface area contributed by atoms with Crippen LogP contribution in [0.5, 0.6) is 0 Å². The van der Waals surface area contributed by atoms with Crippen LogP contribution in [-0.4, -0.2) is 23.6 Å². The molecule has 0 atom stereocenters. The van der Waals surface area contributed by atoms with Gasteiger partial charge in [0.15, 0.2) is 5.17 Å². The standard InChI is InChI=1S/C14H14BrN3S/c1-16-17-14(19-2)18(10-15)13-9-5-7-11-6-3-4-8-12(11)13/h3-9H,1,10H2,2H3/b17-14+. The fourth-order valence-electron chi connectivity index (χ4n) is 1.93. The first-order valence-corrected chi connectivity index (χ1v) is 8.05. The molecular formula is C14H14BrN3S. The number of rotatable bonds is 3. The number of hydrogen-bond acceptors (Lipinski definition) is 3. The van der Waals surface area contributed by atoms with Crippen molar-refractivity contribution in [1.29, 1.82) is 0 Å². The van der Waals surface area contributed by atoms with Gasteiger partial charge in [-0.25, -0.2) is 0 Å². The molecule has 0 N–H and O–H groups in total. The second-order valence-electron chi connectivity index (χ2n) is 3.77. The molecular weight excluding hydrogens is 322 g/mol.